The van der Waals surface area contributed by atoms with Gasteiger partial charge in [0.1, 0.15) is 6.61 Å². The Morgan fingerprint density at radius 1 is 1.33 bits per heavy atom. The van der Waals surface area contributed by atoms with Crippen LogP contribution in [0.25, 0.3) is 0 Å². The van der Waals surface area contributed by atoms with Gasteiger partial charge < -0.3 is 15.4 Å². The summed E-state index contributed by atoms with van der Waals surface area (Å²) in [6.07, 6.45) is -4.27. The van der Waals surface area contributed by atoms with E-state index in [0.29, 0.717) is 18.8 Å². The summed E-state index contributed by atoms with van der Waals surface area (Å²) in [6, 6.07) is 7.22. The first kappa shape index (κ1) is 14.6. The molecule has 1 rings (SSSR count). The van der Waals surface area contributed by atoms with Crippen molar-refractivity contribution in [3.05, 3.63) is 24.3 Å². The molecule has 0 spiro atoms. The van der Waals surface area contributed by atoms with Gasteiger partial charge in [0.15, 0.2) is 0 Å². The largest absolute Gasteiger partial charge is 0.411 e. The second-order valence-electron chi connectivity index (χ2n) is 3.84. The van der Waals surface area contributed by atoms with E-state index in [-0.39, 0.29) is 6.61 Å². The SMILES string of the molecule is CCN(CCOCC(F)(F)F)c1cccc(N)c1. The minimum atomic E-state index is -4.27. The van der Waals surface area contributed by atoms with Crippen LogP contribution in [0.5, 0.6) is 0 Å². The molecule has 0 amide bonds. The summed E-state index contributed by atoms with van der Waals surface area (Å²) >= 11 is 0. The monoisotopic (exact) mass is 262 g/mol. The Bertz CT molecular complexity index is 369. The first-order chi connectivity index (χ1) is 8.42. The summed E-state index contributed by atoms with van der Waals surface area (Å²) in [5.41, 5.74) is 7.17. The summed E-state index contributed by atoms with van der Waals surface area (Å²) in [5, 5.41) is 0. The van der Waals surface area contributed by atoms with Crippen LogP contribution in [0.1, 0.15) is 6.92 Å². The Kier molecular flexibility index (Phi) is 5.27. The Balaban J connectivity index is 2.43. The fourth-order valence-corrected chi connectivity index (χ4v) is 1.55. The molecule has 6 heteroatoms. The first-order valence-corrected chi connectivity index (χ1v) is 5.67. The second kappa shape index (κ2) is 6.49. The third-order valence-corrected chi connectivity index (χ3v) is 2.39. The molecule has 1 aromatic rings. The van der Waals surface area contributed by atoms with Crippen molar-refractivity contribution in [1.29, 1.82) is 0 Å². The van der Waals surface area contributed by atoms with Crippen molar-refractivity contribution in [2.24, 2.45) is 0 Å². The fraction of sp³-hybridized carbons (Fsp3) is 0.500. The van der Waals surface area contributed by atoms with E-state index in [1.807, 2.05) is 24.0 Å². The normalized spacial score (nSPS) is 11.6. The fourth-order valence-electron chi connectivity index (χ4n) is 1.55. The predicted molar refractivity (Wildman–Crippen MR) is 65.6 cm³/mol. The summed E-state index contributed by atoms with van der Waals surface area (Å²) in [4.78, 5) is 1.91. The van der Waals surface area contributed by atoms with Crippen LogP contribution in [0.3, 0.4) is 0 Å². The maximum absolute atomic E-state index is 11.9. The van der Waals surface area contributed by atoms with Crippen LogP contribution in [0, 0.1) is 0 Å². The van der Waals surface area contributed by atoms with Crippen molar-refractivity contribution >= 4 is 11.4 Å². The highest BCUT2D eigenvalue weighted by molar-refractivity contribution is 5.55. The molecule has 0 heterocycles. The van der Waals surface area contributed by atoms with Gasteiger partial charge in [-0.3, -0.25) is 0 Å². The topological polar surface area (TPSA) is 38.5 Å². The number of alkyl halides is 3. The molecule has 3 nitrogen and oxygen atoms in total. The smallest absolute Gasteiger partial charge is 0.399 e. The van der Waals surface area contributed by atoms with Gasteiger partial charge in [0, 0.05) is 24.5 Å². The minimum Gasteiger partial charge on any atom is -0.399 e. The lowest BCUT2D eigenvalue weighted by Gasteiger charge is -2.23. The maximum atomic E-state index is 11.9. The van der Waals surface area contributed by atoms with Crippen LogP contribution >= 0.6 is 0 Å². The zero-order valence-electron chi connectivity index (χ0n) is 10.2. The molecule has 0 aliphatic heterocycles. The molecule has 0 aliphatic carbocycles. The molecule has 0 radical (unpaired) electrons. The number of benzene rings is 1. The lowest BCUT2D eigenvalue weighted by molar-refractivity contribution is -0.173. The molecular weight excluding hydrogens is 245 g/mol. The van der Waals surface area contributed by atoms with Gasteiger partial charge >= 0.3 is 6.18 Å². The molecule has 18 heavy (non-hydrogen) atoms. The zero-order chi connectivity index (χ0) is 13.6. The molecule has 0 fully saturated rings. The van der Waals surface area contributed by atoms with Crippen molar-refractivity contribution in [3.63, 3.8) is 0 Å². The standard InChI is InChI=1S/C12H17F3N2O/c1-2-17(6-7-18-9-12(13,14)15)11-5-3-4-10(16)8-11/h3-5,8H,2,6-7,9,16H2,1H3. The molecule has 0 atom stereocenters. The molecule has 0 aromatic heterocycles. The molecule has 0 saturated carbocycles. The average Bonchev–Trinajstić information content (AvgIpc) is 2.27. The molecule has 1 aromatic carbocycles. The second-order valence-corrected chi connectivity index (χ2v) is 3.84. The van der Waals surface area contributed by atoms with Crippen LogP contribution in [0.2, 0.25) is 0 Å². The van der Waals surface area contributed by atoms with Gasteiger partial charge in [-0.1, -0.05) is 6.07 Å². The number of nitrogens with zero attached hydrogens (tertiary/aromatic N) is 1. The lowest BCUT2D eigenvalue weighted by Crippen LogP contribution is -2.28. The Morgan fingerprint density at radius 3 is 2.61 bits per heavy atom. The summed E-state index contributed by atoms with van der Waals surface area (Å²) < 4.78 is 40.2. The number of rotatable bonds is 6. The van der Waals surface area contributed by atoms with E-state index < -0.39 is 12.8 Å². The third-order valence-electron chi connectivity index (χ3n) is 2.39. The first-order valence-electron chi connectivity index (χ1n) is 5.67. The quantitative estimate of drug-likeness (QED) is 0.632. The summed E-state index contributed by atoms with van der Waals surface area (Å²) in [5.74, 6) is 0. The van der Waals surface area contributed by atoms with E-state index in [1.165, 1.54) is 0 Å². The van der Waals surface area contributed by atoms with E-state index >= 15 is 0 Å². The van der Waals surface area contributed by atoms with Crippen LogP contribution in [0.4, 0.5) is 24.5 Å². The zero-order valence-corrected chi connectivity index (χ0v) is 10.2. The van der Waals surface area contributed by atoms with Crippen LogP contribution in [-0.2, 0) is 4.74 Å². The van der Waals surface area contributed by atoms with Crippen molar-refractivity contribution in [2.75, 3.05) is 36.9 Å². The van der Waals surface area contributed by atoms with Gasteiger partial charge in [-0.25, -0.2) is 0 Å². The van der Waals surface area contributed by atoms with Crippen molar-refractivity contribution in [1.82, 2.24) is 0 Å². The number of halogens is 3. The van der Waals surface area contributed by atoms with E-state index in [2.05, 4.69) is 4.74 Å². The molecular formula is C12H17F3N2O. The third kappa shape index (κ3) is 5.27. The van der Waals surface area contributed by atoms with Crippen LogP contribution in [0.15, 0.2) is 24.3 Å². The number of likely N-dealkylation sites (N-methyl/N-ethyl adjacent to an activating group) is 1. The molecule has 2 N–H and O–H groups in total. The van der Waals surface area contributed by atoms with E-state index in [1.54, 1.807) is 12.1 Å². The van der Waals surface area contributed by atoms with Gasteiger partial charge in [0.05, 0.1) is 6.61 Å². The molecule has 0 saturated heterocycles. The van der Waals surface area contributed by atoms with Gasteiger partial charge in [-0.05, 0) is 25.1 Å². The summed E-state index contributed by atoms with van der Waals surface area (Å²) in [6.45, 7) is 1.82. The van der Waals surface area contributed by atoms with Gasteiger partial charge in [0.25, 0.3) is 0 Å². The highest BCUT2D eigenvalue weighted by atomic mass is 19.4. The Hall–Kier alpha value is -1.43. The predicted octanol–water partition coefficient (Wildman–Crippen LogP) is 2.67. The Labute approximate surface area is 104 Å². The number of hydrogen-bond donors (Lipinski definition) is 1. The Morgan fingerprint density at radius 2 is 2.06 bits per heavy atom. The maximum Gasteiger partial charge on any atom is 0.411 e. The number of ether oxygens (including phenoxy) is 1. The van der Waals surface area contributed by atoms with E-state index in [0.717, 1.165) is 5.69 Å². The highest BCUT2D eigenvalue weighted by Crippen LogP contribution is 2.17. The molecule has 0 aliphatic rings. The van der Waals surface area contributed by atoms with Crippen molar-refractivity contribution in [2.45, 2.75) is 13.1 Å². The summed E-state index contributed by atoms with van der Waals surface area (Å²) in [7, 11) is 0. The van der Waals surface area contributed by atoms with E-state index in [4.69, 9.17) is 5.73 Å². The number of nitrogens with two attached hydrogens (primary N) is 1. The van der Waals surface area contributed by atoms with Crippen molar-refractivity contribution in [3.8, 4) is 0 Å². The van der Waals surface area contributed by atoms with Crippen molar-refractivity contribution < 1.29 is 17.9 Å². The minimum absolute atomic E-state index is 0.0299. The lowest BCUT2D eigenvalue weighted by atomic mass is 10.2. The average molecular weight is 262 g/mol. The van der Waals surface area contributed by atoms with Crippen LogP contribution < -0.4 is 10.6 Å². The van der Waals surface area contributed by atoms with Gasteiger partial charge in [-0.2, -0.15) is 13.2 Å². The van der Waals surface area contributed by atoms with Gasteiger partial charge in [0.2, 0.25) is 0 Å². The molecule has 102 valence electrons. The number of nitrogen functional groups attached to an aromatic ring is 1. The van der Waals surface area contributed by atoms with Crippen LogP contribution in [-0.4, -0.2) is 32.5 Å². The number of hydrogen-bond acceptors (Lipinski definition) is 3. The highest BCUT2D eigenvalue weighted by Gasteiger charge is 2.27. The molecule has 0 unspecified atom stereocenters. The molecule has 0 bridgehead atoms. The van der Waals surface area contributed by atoms with Gasteiger partial charge in [-0.15, -0.1) is 0 Å². The van der Waals surface area contributed by atoms with E-state index in [9.17, 15) is 13.2 Å². The number of anilines is 2.